The van der Waals surface area contributed by atoms with E-state index in [4.69, 9.17) is 0 Å². The summed E-state index contributed by atoms with van der Waals surface area (Å²) in [5, 5.41) is 7.83. The Labute approximate surface area is 129 Å². The molecule has 0 aliphatic carbocycles. The van der Waals surface area contributed by atoms with Gasteiger partial charge in [0.05, 0.1) is 6.20 Å². The van der Waals surface area contributed by atoms with Crippen LogP contribution >= 0.6 is 15.9 Å². The molecule has 0 amide bonds. The summed E-state index contributed by atoms with van der Waals surface area (Å²) in [4.78, 5) is 0. The van der Waals surface area contributed by atoms with Gasteiger partial charge in [-0.2, -0.15) is 5.10 Å². The Balaban J connectivity index is 2.09. The zero-order chi connectivity index (χ0) is 14.5. The van der Waals surface area contributed by atoms with E-state index in [1.165, 1.54) is 16.7 Å². The van der Waals surface area contributed by atoms with Gasteiger partial charge in [0.1, 0.15) is 0 Å². The standard InChI is InChI=1S/C16H22BrN3/c1-4-18-16(8-5-13-10-19-20(3)11-13)15-7-6-14(17)9-12(15)2/h6-7,9-11,16,18H,4-5,8H2,1-3H3. The van der Waals surface area contributed by atoms with Gasteiger partial charge >= 0.3 is 0 Å². The maximum atomic E-state index is 4.23. The summed E-state index contributed by atoms with van der Waals surface area (Å²) in [5.74, 6) is 0. The van der Waals surface area contributed by atoms with Gasteiger partial charge in [0.2, 0.25) is 0 Å². The number of nitrogens with zero attached hydrogens (tertiary/aromatic N) is 2. The Morgan fingerprint density at radius 3 is 2.80 bits per heavy atom. The van der Waals surface area contributed by atoms with Crippen molar-refractivity contribution >= 4 is 15.9 Å². The van der Waals surface area contributed by atoms with Crippen molar-refractivity contribution in [1.82, 2.24) is 15.1 Å². The molecule has 1 aromatic heterocycles. The molecule has 1 N–H and O–H groups in total. The molecule has 1 aromatic carbocycles. The zero-order valence-corrected chi connectivity index (χ0v) is 13.9. The molecule has 3 nitrogen and oxygen atoms in total. The summed E-state index contributed by atoms with van der Waals surface area (Å²) < 4.78 is 3.00. The van der Waals surface area contributed by atoms with E-state index in [2.05, 4.69) is 64.6 Å². The van der Waals surface area contributed by atoms with Crippen LogP contribution in [0.2, 0.25) is 0 Å². The molecular formula is C16H22BrN3. The topological polar surface area (TPSA) is 29.9 Å². The predicted molar refractivity (Wildman–Crippen MR) is 86.8 cm³/mol. The number of nitrogens with one attached hydrogen (secondary N) is 1. The van der Waals surface area contributed by atoms with E-state index >= 15 is 0 Å². The highest BCUT2D eigenvalue weighted by Crippen LogP contribution is 2.25. The highest BCUT2D eigenvalue weighted by molar-refractivity contribution is 9.10. The van der Waals surface area contributed by atoms with Crippen LogP contribution in [-0.2, 0) is 13.5 Å². The average Bonchev–Trinajstić information content (AvgIpc) is 2.81. The fraction of sp³-hybridized carbons (Fsp3) is 0.438. The predicted octanol–water partition coefficient (Wildman–Crippen LogP) is 3.77. The third-order valence-electron chi connectivity index (χ3n) is 3.54. The van der Waals surface area contributed by atoms with Crippen LogP contribution in [0, 0.1) is 6.92 Å². The van der Waals surface area contributed by atoms with Gasteiger partial charge < -0.3 is 5.32 Å². The molecule has 0 fully saturated rings. The smallest absolute Gasteiger partial charge is 0.0521 e. The number of hydrogen-bond acceptors (Lipinski definition) is 2. The fourth-order valence-electron chi connectivity index (χ4n) is 2.56. The van der Waals surface area contributed by atoms with Crippen LogP contribution in [0.3, 0.4) is 0 Å². The van der Waals surface area contributed by atoms with Crippen LogP contribution in [0.15, 0.2) is 35.1 Å². The van der Waals surface area contributed by atoms with E-state index in [0.717, 1.165) is 23.9 Å². The maximum absolute atomic E-state index is 4.23. The molecule has 0 aliphatic heterocycles. The Morgan fingerprint density at radius 1 is 1.40 bits per heavy atom. The molecule has 4 heteroatoms. The Hall–Kier alpha value is -1.13. The van der Waals surface area contributed by atoms with Crippen LogP contribution in [0.4, 0.5) is 0 Å². The lowest BCUT2D eigenvalue weighted by molar-refractivity contribution is 0.513. The summed E-state index contributed by atoms with van der Waals surface area (Å²) in [7, 11) is 1.96. The molecule has 20 heavy (non-hydrogen) atoms. The van der Waals surface area contributed by atoms with Crippen LogP contribution in [-0.4, -0.2) is 16.3 Å². The average molecular weight is 336 g/mol. The summed E-state index contributed by atoms with van der Waals surface area (Å²) in [6.45, 7) is 5.31. The van der Waals surface area contributed by atoms with Gasteiger partial charge in [-0.25, -0.2) is 0 Å². The van der Waals surface area contributed by atoms with Crippen molar-refractivity contribution < 1.29 is 0 Å². The molecule has 0 spiro atoms. The van der Waals surface area contributed by atoms with Crippen molar-refractivity contribution in [2.45, 2.75) is 32.7 Å². The van der Waals surface area contributed by atoms with Crippen molar-refractivity contribution in [3.63, 3.8) is 0 Å². The van der Waals surface area contributed by atoms with Gasteiger partial charge in [-0.05, 0) is 55.1 Å². The van der Waals surface area contributed by atoms with Crippen molar-refractivity contribution in [2.75, 3.05) is 6.54 Å². The number of rotatable bonds is 6. The van der Waals surface area contributed by atoms with E-state index < -0.39 is 0 Å². The molecule has 0 saturated heterocycles. The first-order valence-electron chi connectivity index (χ1n) is 7.07. The van der Waals surface area contributed by atoms with E-state index in [9.17, 15) is 0 Å². The number of aryl methyl sites for hydroxylation is 3. The first-order chi connectivity index (χ1) is 9.60. The van der Waals surface area contributed by atoms with E-state index in [-0.39, 0.29) is 0 Å². The second-order valence-electron chi connectivity index (χ2n) is 5.17. The third kappa shape index (κ3) is 3.93. The zero-order valence-electron chi connectivity index (χ0n) is 12.4. The van der Waals surface area contributed by atoms with Gasteiger partial charge in [0.15, 0.2) is 0 Å². The Morgan fingerprint density at radius 2 is 2.20 bits per heavy atom. The Kier molecular flexibility index (Phi) is 5.38. The lowest BCUT2D eigenvalue weighted by Gasteiger charge is -2.20. The fourth-order valence-corrected chi connectivity index (χ4v) is 3.03. The molecule has 1 unspecified atom stereocenters. The quantitative estimate of drug-likeness (QED) is 0.870. The maximum Gasteiger partial charge on any atom is 0.0521 e. The molecule has 0 saturated carbocycles. The largest absolute Gasteiger partial charge is 0.310 e. The molecule has 0 bridgehead atoms. The molecule has 1 heterocycles. The minimum absolute atomic E-state index is 0.397. The van der Waals surface area contributed by atoms with Crippen molar-refractivity contribution in [3.05, 3.63) is 51.8 Å². The minimum atomic E-state index is 0.397. The lowest BCUT2D eigenvalue weighted by Crippen LogP contribution is -2.22. The second kappa shape index (κ2) is 7.04. The molecule has 2 rings (SSSR count). The van der Waals surface area contributed by atoms with Crippen molar-refractivity contribution in [1.29, 1.82) is 0 Å². The normalized spacial score (nSPS) is 12.6. The molecule has 0 radical (unpaired) electrons. The van der Waals surface area contributed by atoms with E-state index in [1.54, 1.807) is 0 Å². The summed E-state index contributed by atoms with van der Waals surface area (Å²) in [5.41, 5.74) is 4.01. The molecule has 108 valence electrons. The Bertz CT molecular complexity index is 563. The molecule has 1 atom stereocenters. The highest BCUT2D eigenvalue weighted by atomic mass is 79.9. The summed E-state index contributed by atoms with van der Waals surface area (Å²) >= 11 is 3.53. The molecular weight excluding hydrogens is 314 g/mol. The number of aromatic nitrogens is 2. The van der Waals surface area contributed by atoms with E-state index in [0.29, 0.717) is 6.04 Å². The molecule has 0 aliphatic rings. The van der Waals surface area contributed by atoms with Crippen molar-refractivity contribution in [2.24, 2.45) is 7.05 Å². The van der Waals surface area contributed by atoms with Crippen LogP contribution in [0.25, 0.3) is 0 Å². The van der Waals surface area contributed by atoms with Gasteiger partial charge in [0.25, 0.3) is 0 Å². The SMILES string of the molecule is CCNC(CCc1cnn(C)c1)c1ccc(Br)cc1C. The summed E-state index contributed by atoms with van der Waals surface area (Å²) in [6, 6.07) is 6.92. The monoisotopic (exact) mass is 335 g/mol. The van der Waals surface area contributed by atoms with Crippen molar-refractivity contribution in [3.8, 4) is 0 Å². The number of hydrogen-bond donors (Lipinski definition) is 1. The number of benzene rings is 1. The second-order valence-corrected chi connectivity index (χ2v) is 6.09. The van der Waals surface area contributed by atoms with Gasteiger partial charge in [-0.3, -0.25) is 4.68 Å². The van der Waals surface area contributed by atoms with Gasteiger partial charge in [0, 0.05) is 23.8 Å². The van der Waals surface area contributed by atoms with Crippen LogP contribution in [0.5, 0.6) is 0 Å². The first kappa shape index (κ1) is 15.3. The van der Waals surface area contributed by atoms with Crippen LogP contribution in [0.1, 0.15) is 36.1 Å². The van der Waals surface area contributed by atoms with Crippen LogP contribution < -0.4 is 5.32 Å². The van der Waals surface area contributed by atoms with Gasteiger partial charge in [-0.15, -0.1) is 0 Å². The minimum Gasteiger partial charge on any atom is -0.310 e. The summed E-state index contributed by atoms with van der Waals surface area (Å²) in [6.07, 6.45) is 6.18. The van der Waals surface area contributed by atoms with Gasteiger partial charge in [-0.1, -0.05) is 28.9 Å². The lowest BCUT2D eigenvalue weighted by atomic mass is 9.96. The first-order valence-corrected chi connectivity index (χ1v) is 7.86. The third-order valence-corrected chi connectivity index (χ3v) is 4.03. The van der Waals surface area contributed by atoms with E-state index in [1.807, 2.05) is 17.9 Å². The molecule has 2 aromatic rings. The highest BCUT2D eigenvalue weighted by Gasteiger charge is 2.13. The number of halogens is 1.